The molecule has 126 valence electrons. The smallest absolute Gasteiger partial charge is 0.244 e. The second-order valence-corrected chi connectivity index (χ2v) is 5.63. The van der Waals surface area contributed by atoms with E-state index in [1.807, 2.05) is 43.5 Å². The van der Waals surface area contributed by atoms with Crippen molar-refractivity contribution in [3.8, 4) is 5.69 Å². The first-order chi connectivity index (χ1) is 12.1. The molecule has 0 fully saturated rings. The van der Waals surface area contributed by atoms with E-state index in [1.54, 1.807) is 29.1 Å². The molecule has 3 rings (SSSR count). The molecule has 0 aliphatic carbocycles. The fraction of sp³-hybridized carbons (Fsp3) is 0.100. The topological polar surface area (TPSA) is 46.9 Å². The molecule has 4 nitrogen and oxygen atoms in total. The van der Waals surface area contributed by atoms with Crippen LogP contribution in [0.3, 0.4) is 0 Å². The van der Waals surface area contributed by atoms with Crippen LogP contribution in [0, 0.1) is 5.82 Å². The van der Waals surface area contributed by atoms with Crippen LogP contribution in [0.2, 0.25) is 0 Å². The Kier molecular flexibility index (Phi) is 5.04. The zero-order valence-electron chi connectivity index (χ0n) is 13.8. The maximum atomic E-state index is 13.6. The van der Waals surface area contributed by atoms with Gasteiger partial charge in [0.05, 0.1) is 11.7 Å². The molecule has 2 aromatic carbocycles. The lowest BCUT2D eigenvalue weighted by Crippen LogP contribution is -2.24. The van der Waals surface area contributed by atoms with Crippen LogP contribution >= 0.6 is 0 Å². The predicted molar refractivity (Wildman–Crippen MR) is 95.6 cm³/mol. The maximum absolute atomic E-state index is 13.6. The number of rotatable bonds is 5. The first kappa shape index (κ1) is 16.6. The zero-order chi connectivity index (χ0) is 17.6. The van der Waals surface area contributed by atoms with Crippen LogP contribution < -0.4 is 5.32 Å². The van der Waals surface area contributed by atoms with Crippen LogP contribution in [-0.2, 0) is 4.79 Å². The second kappa shape index (κ2) is 7.57. The van der Waals surface area contributed by atoms with Gasteiger partial charge in [-0.2, -0.15) is 5.10 Å². The van der Waals surface area contributed by atoms with Gasteiger partial charge in [0.2, 0.25) is 5.91 Å². The highest BCUT2D eigenvalue weighted by Gasteiger charge is 2.09. The van der Waals surface area contributed by atoms with Gasteiger partial charge in [0.1, 0.15) is 5.82 Å². The standard InChI is InChI=1S/C20H18FN3O/c1-15(17-7-4-8-18(14-17)24-13-5-12-22-24)23-20(25)11-10-16-6-2-3-9-19(16)21/h2-15H,1H3,(H,23,25)/b11-10+/t15-/m0/s1. The molecule has 0 aliphatic rings. The van der Waals surface area contributed by atoms with Gasteiger partial charge in [-0.3, -0.25) is 4.79 Å². The van der Waals surface area contributed by atoms with E-state index >= 15 is 0 Å². The minimum atomic E-state index is -0.355. The van der Waals surface area contributed by atoms with Crippen molar-refractivity contribution in [2.24, 2.45) is 0 Å². The minimum absolute atomic E-state index is 0.187. The molecule has 1 N–H and O–H groups in total. The summed E-state index contributed by atoms with van der Waals surface area (Å²) in [6, 6.07) is 15.8. The largest absolute Gasteiger partial charge is 0.346 e. The quantitative estimate of drug-likeness (QED) is 0.719. The summed E-state index contributed by atoms with van der Waals surface area (Å²) in [5.41, 5.74) is 2.26. The first-order valence-electron chi connectivity index (χ1n) is 7.96. The minimum Gasteiger partial charge on any atom is -0.346 e. The Labute approximate surface area is 145 Å². The lowest BCUT2D eigenvalue weighted by Gasteiger charge is -2.14. The van der Waals surface area contributed by atoms with Gasteiger partial charge < -0.3 is 5.32 Å². The summed E-state index contributed by atoms with van der Waals surface area (Å²) in [7, 11) is 0. The monoisotopic (exact) mass is 335 g/mol. The van der Waals surface area contributed by atoms with E-state index in [-0.39, 0.29) is 17.8 Å². The molecular formula is C20H18FN3O. The van der Waals surface area contributed by atoms with Crippen molar-refractivity contribution in [1.82, 2.24) is 15.1 Å². The molecule has 1 atom stereocenters. The van der Waals surface area contributed by atoms with Gasteiger partial charge in [-0.15, -0.1) is 0 Å². The van der Waals surface area contributed by atoms with Crippen LogP contribution in [0.4, 0.5) is 4.39 Å². The molecule has 25 heavy (non-hydrogen) atoms. The molecule has 0 radical (unpaired) electrons. The molecule has 0 aliphatic heterocycles. The molecule has 0 saturated heterocycles. The third-order valence-corrected chi connectivity index (χ3v) is 3.82. The summed E-state index contributed by atoms with van der Waals surface area (Å²) in [5, 5.41) is 7.08. The Morgan fingerprint density at radius 3 is 2.80 bits per heavy atom. The van der Waals surface area contributed by atoms with E-state index in [0.29, 0.717) is 5.56 Å². The van der Waals surface area contributed by atoms with Crippen molar-refractivity contribution < 1.29 is 9.18 Å². The number of hydrogen-bond acceptors (Lipinski definition) is 2. The summed E-state index contributed by atoms with van der Waals surface area (Å²) in [6.45, 7) is 1.90. The van der Waals surface area contributed by atoms with E-state index in [4.69, 9.17) is 0 Å². The zero-order valence-corrected chi connectivity index (χ0v) is 13.8. The van der Waals surface area contributed by atoms with Crippen LogP contribution in [0.1, 0.15) is 24.1 Å². The highest BCUT2D eigenvalue weighted by molar-refractivity contribution is 5.92. The van der Waals surface area contributed by atoms with Crippen molar-refractivity contribution in [3.63, 3.8) is 0 Å². The van der Waals surface area contributed by atoms with Gasteiger partial charge in [0.15, 0.2) is 0 Å². The van der Waals surface area contributed by atoms with Crippen LogP contribution in [0.5, 0.6) is 0 Å². The molecular weight excluding hydrogens is 317 g/mol. The van der Waals surface area contributed by atoms with Crippen molar-refractivity contribution in [1.29, 1.82) is 0 Å². The fourth-order valence-corrected chi connectivity index (χ4v) is 2.48. The molecule has 3 aromatic rings. The Bertz CT molecular complexity index is 887. The summed E-state index contributed by atoms with van der Waals surface area (Å²) in [5.74, 6) is -0.633. The van der Waals surface area contributed by atoms with E-state index in [0.717, 1.165) is 11.3 Å². The van der Waals surface area contributed by atoms with E-state index < -0.39 is 0 Å². The molecule has 0 unspecified atom stereocenters. The summed E-state index contributed by atoms with van der Waals surface area (Å²) in [4.78, 5) is 12.1. The summed E-state index contributed by atoms with van der Waals surface area (Å²) in [6.07, 6.45) is 6.38. The number of aromatic nitrogens is 2. The highest BCUT2D eigenvalue weighted by atomic mass is 19.1. The molecule has 5 heteroatoms. The van der Waals surface area contributed by atoms with Gasteiger partial charge in [0, 0.05) is 24.0 Å². The lowest BCUT2D eigenvalue weighted by molar-refractivity contribution is -0.117. The van der Waals surface area contributed by atoms with E-state index in [2.05, 4.69) is 10.4 Å². The van der Waals surface area contributed by atoms with Gasteiger partial charge in [-0.1, -0.05) is 30.3 Å². The number of benzene rings is 2. The number of nitrogens with zero attached hydrogens (tertiary/aromatic N) is 2. The Balaban J connectivity index is 1.68. The van der Waals surface area contributed by atoms with Crippen LogP contribution in [0.25, 0.3) is 11.8 Å². The molecule has 1 aromatic heterocycles. The molecule has 1 heterocycles. The van der Waals surface area contributed by atoms with Gasteiger partial charge in [-0.05, 0) is 42.8 Å². The number of nitrogens with one attached hydrogen (secondary N) is 1. The predicted octanol–water partition coefficient (Wildman–Crippen LogP) is 3.90. The Morgan fingerprint density at radius 2 is 2.04 bits per heavy atom. The number of carbonyl (C=O) groups is 1. The van der Waals surface area contributed by atoms with E-state index in [1.165, 1.54) is 18.2 Å². The average Bonchev–Trinajstić information content (AvgIpc) is 3.16. The van der Waals surface area contributed by atoms with Crippen molar-refractivity contribution in [2.75, 3.05) is 0 Å². The van der Waals surface area contributed by atoms with Gasteiger partial charge in [0.25, 0.3) is 0 Å². The average molecular weight is 335 g/mol. The van der Waals surface area contributed by atoms with Crippen LogP contribution in [-0.4, -0.2) is 15.7 Å². The molecule has 0 spiro atoms. The third-order valence-electron chi connectivity index (χ3n) is 3.82. The van der Waals surface area contributed by atoms with Gasteiger partial charge in [-0.25, -0.2) is 9.07 Å². The molecule has 0 bridgehead atoms. The fourth-order valence-electron chi connectivity index (χ4n) is 2.48. The first-order valence-corrected chi connectivity index (χ1v) is 7.96. The second-order valence-electron chi connectivity index (χ2n) is 5.63. The normalized spacial score (nSPS) is 12.2. The third kappa shape index (κ3) is 4.20. The maximum Gasteiger partial charge on any atom is 0.244 e. The SMILES string of the molecule is C[C@H](NC(=O)/C=C/c1ccccc1F)c1cccc(-n2cccn2)c1. The van der Waals surface area contributed by atoms with Crippen molar-refractivity contribution in [2.45, 2.75) is 13.0 Å². The number of carbonyl (C=O) groups excluding carboxylic acids is 1. The summed E-state index contributed by atoms with van der Waals surface area (Å²) >= 11 is 0. The molecule has 0 saturated carbocycles. The Morgan fingerprint density at radius 1 is 1.20 bits per heavy atom. The highest BCUT2D eigenvalue weighted by Crippen LogP contribution is 2.16. The Hall–Kier alpha value is -3.21. The molecule has 1 amide bonds. The number of hydrogen-bond donors (Lipinski definition) is 1. The van der Waals surface area contributed by atoms with Gasteiger partial charge >= 0.3 is 0 Å². The van der Waals surface area contributed by atoms with E-state index in [9.17, 15) is 9.18 Å². The summed E-state index contributed by atoms with van der Waals surface area (Å²) < 4.78 is 15.3. The number of amides is 1. The van der Waals surface area contributed by atoms with Crippen LogP contribution in [0.15, 0.2) is 73.1 Å². The number of halogens is 1. The van der Waals surface area contributed by atoms with Crippen molar-refractivity contribution in [3.05, 3.63) is 90.0 Å². The lowest BCUT2D eigenvalue weighted by atomic mass is 10.1. The van der Waals surface area contributed by atoms with Crippen molar-refractivity contribution >= 4 is 12.0 Å².